The average Bonchev–Trinajstić information content (AvgIpc) is 2.71. The molecule has 1 fully saturated rings. The Morgan fingerprint density at radius 3 is 2.27 bits per heavy atom. The maximum Gasteiger partial charge on any atom is 0.244 e. The number of rotatable bonds is 5. The van der Waals surface area contributed by atoms with Crippen molar-refractivity contribution in [1.82, 2.24) is 4.72 Å². The normalized spacial score (nSPS) is 17.2. The Labute approximate surface area is 134 Å². The van der Waals surface area contributed by atoms with E-state index in [4.69, 9.17) is 4.74 Å². The zero-order chi connectivity index (χ0) is 16.2. The molecule has 1 N–H and O–H groups in total. The van der Waals surface area contributed by atoms with Gasteiger partial charge in [0.05, 0.1) is 6.61 Å². The average molecular weight is 325 g/mol. The smallest absolute Gasteiger partial charge is 0.244 e. The van der Waals surface area contributed by atoms with E-state index >= 15 is 0 Å². The Kier molecular flexibility index (Phi) is 5.87. The fourth-order valence-corrected chi connectivity index (χ4v) is 4.44. The highest BCUT2D eigenvalue weighted by molar-refractivity contribution is 7.89. The Morgan fingerprint density at radius 2 is 1.68 bits per heavy atom. The molecule has 1 aliphatic rings. The molecule has 0 aromatic heterocycles. The Hall–Kier alpha value is -1.07. The summed E-state index contributed by atoms with van der Waals surface area (Å²) in [6.45, 7) is 6.21. The molecule has 4 nitrogen and oxygen atoms in total. The number of benzene rings is 1. The van der Waals surface area contributed by atoms with E-state index in [0.29, 0.717) is 12.4 Å². The van der Waals surface area contributed by atoms with Gasteiger partial charge in [-0.2, -0.15) is 0 Å². The van der Waals surface area contributed by atoms with Crippen LogP contribution in [0.5, 0.6) is 5.75 Å². The lowest BCUT2D eigenvalue weighted by Crippen LogP contribution is -2.34. The maximum absolute atomic E-state index is 12.8. The van der Waals surface area contributed by atoms with Crippen LogP contribution in [0.25, 0.3) is 0 Å². The number of nitrogens with one attached hydrogen (secondary N) is 1. The van der Waals surface area contributed by atoms with Crippen molar-refractivity contribution in [2.24, 2.45) is 0 Å². The van der Waals surface area contributed by atoms with Crippen LogP contribution in [0.1, 0.15) is 56.6 Å². The first kappa shape index (κ1) is 17.3. The Balaban J connectivity index is 2.29. The second-order valence-electron chi connectivity index (χ2n) is 6.13. The monoisotopic (exact) mass is 325 g/mol. The van der Waals surface area contributed by atoms with Crippen molar-refractivity contribution in [1.29, 1.82) is 0 Å². The molecule has 124 valence electrons. The lowest BCUT2D eigenvalue weighted by Gasteiger charge is -2.19. The number of hydrogen-bond acceptors (Lipinski definition) is 3. The van der Waals surface area contributed by atoms with Crippen LogP contribution in [0.3, 0.4) is 0 Å². The zero-order valence-corrected chi connectivity index (χ0v) is 14.6. The predicted molar refractivity (Wildman–Crippen MR) is 88.9 cm³/mol. The zero-order valence-electron chi connectivity index (χ0n) is 13.8. The van der Waals surface area contributed by atoms with E-state index in [-0.39, 0.29) is 10.9 Å². The highest BCUT2D eigenvalue weighted by Crippen LogP contribution is 2.29. The van der Waals surface area contributed by atoms with Crippen molar-refractivity contribution in [3.63, 3.8) is 0 Å². The molecule has 2 rings (SSSR count). The quantitative estimate of drug-likeness (QED) is 0.840. The molecule has 1 aromatic rings. The van der Waals surface area contributed by atoms with Crippen LogP contribution >= 0.6 is 0 Å². The summed E-state index contributed by atoms with van der Waals surface area (Å²) in [7, 11) is -3.54. The molecule has 1 saturated carbocycles. The van der Waals surface area contributed by atoms with Gasteiger partial charge in [0.15, 0.2) is 0 Å². The lowest BCUT2D eigenvalue weighted by atomic mass is 10.1. The fourth-order valence-electron chi connectivity index (χ4n) is 2.92. The van der Waals surface area contributed by atoms with Gasteiger partial charge in [-0.1, -0.05) is 25.7 Å². The third kappa shape index (κ3) is 4.23. The van der Waals surface area contributed by atoms with Gasteiger partial charge >= 0.3 is 0 Å². The highest BCUT2D eigenvalue weighted by Gasteiger charge is 2.25. The molecule has 0 heterocycles. The van der Waals surface area contributed by atoms with Crippen molar-refractivity contribution in [2.75, 3.05) is 6.61 Å². The molecule has 0 aliphatic heterocycles. The molecule has 0 radical (unpaired) electrons. The van der Waals surface area contributed by atoms with Gasteiger partial charge in [-0.3, -0.25) is 0 Å². The van der Waals surface area contributed by atoms with E-state index in [9.17, 15) is 8.42 Å². The summed E-state index contributed by atoms with van der Waals surface area (Å²) in [4.78, 5) is 0.265. The van der Waals surface area contributed by atoms with Crippen LogP contribution in [0.4, 0.5) is 0 Å². The summed E-state index contributed by atoms with van der Waals surface area (Å²) < 4.78 is 34.0. The first-order chi connectivity index (χ1) is 10.4. The van der Waals surface area contributed by atoms with Crippen LogP contribution in [-0.2, 0) is 10.0 Å². The maximum atomic E-state index is 12.8. The van der Waals surface area contributed by atoms with Gasteiger partial charge in [0.1, 0.15) is 10.6 Å². The van der Waals surface area contributed by atoms with Gasteiger partial charge in [-0.05, 0) is 56.9 Å². The number of ether oxygens (including phenoxy) is 1. The van der Waals surface area contributed by atoms with Crippen molar-refractivity contribution >= 4 is 10.0 Å². The molecular weight excluding hydrogens is 298 g/mol. The molecule has 0 amide bonds. The van der Waals surface area contributed by atoms with Crippen molar-refractivity contribution in [3.8, 4) is 5.75 Å². The summed E-state index contributed by atoms with van der Waals surface area (Å²) in [5.41, 5.74) is 2.00. The molecule has 22 heavy (non-hydrogen) atoms. The molecule has 5 heteroatoms. The van der Waals surface area contributed by atoms with E-state index in [2.05, 4.69) is 4.72 Å². The first-order valence-corrected chi connectivity index (χ1v) is 9.68. The van der Waals surface area contributed by atoms with Gasteiger partial charge in [0.25, 0.3) is 0 Å². The summed E-state index contributed by atoms with van der Waals surface area (Å²) in [6, 6.07) is 3.59. The highest BCUT2D eigenvalue weighted by atomic mass is 32.2. The molecule has 0 bridgehead atoms. The summed E-state index contributed by atoms with van der Waals surface area (Å²) in [5.74, 6) is 0.451. The number of aryl methyl sites for hydroxylation is 2. The van der Waals surface area contributed by atoms with Gasteiger partial charge in [-0.15, -0.1) is 0 Å². The largest absolute Gasteiger partial charge is 0.492 e. The number of hydrogen-bond donors (Lipinski definition) is 1. The minimum absolute atomic E-state index is 0.0450. The van der Waals surface area contributed by atoms with Gasteiger partial charge < -0.3 is 4.74 Å². The van der Waals surface area contributed by atoms with Crippen molar-refractivity contribution in [2.45, 2.75) is 70.2 Å². The number of sulfonamides is 1. The van der Waals surface area contributed by atoms with E-state index in [1.807, 2.05) is 26.8 Å². The predicted octanol–water partition coefficient (Wildman–Crippen LogP) is 3.70. The van der Waals surface area contributed by atoms with Gasteiger partial charge in [-0.25, -0.2) is 13.1 Å². The summed E-state index contributed by atoms with van der Waals surface area (Å²) in [5, 5.41) is 0. The standard InChI is InChI=1S/C17H27NO3S/c1-4-21-16-11-13(2)14(3)12-17(16)22(19,20)18-15-9-7-5-6-8-10-15/h11-12,15,18H,4-10H2,1-3H3. The second-order valence-corrected chi connectivity index (χ2v) is 7.81. The molecule has 0 saturated heterocycles. The minimum Gasteiger partial charge on any atom is -0.492 e. The third-order valence-corrected chi connectivity index (χ3v) is 5.87. The molecule has 0 unspecified atom stereocenters. The van der Waals surface area contributed by atoms with Crippen LogP contribution in [0.2, 0.25) is 0 Å². The third-order valence-electron chi connectivity index (χ3n) is 4.33. The van der Waals surface area contributed by atoms with E-state index in [1.54, 1.807) is 6.07 Å². The molecule has 1 aromatic carbocycles. The van der Waals surface area contributed by atoms with Crippen LogP contribution in [0.15, 0.2) is 17.0 Å². The summed E-state index contributed by atoms with van der Waals surface area (Å²) >= 11 is 0. The Bertz CT molecular complexity index is 603. The van der Waals surface area contributed by atoms with E-state index in [0.717, 1.165) is 36.8 Å². The lowest BCUT2D eigenvalue weighted by molar-refractivity contribution is 0.330. The van der Waals surface area contributed by atoms with Crippen LogP contribution < -0.4 is 9.46 Å². The van der Waals surface area contributed by atoms with Crippen LogP contribution in [0, 0.1) is 13.8 Å². The van der Waals surface area contributed by atoms with Gasteiger partial charge in [0, 0.05) is 6.04 Å². The second kappa shape index (κ2) is 7.47. The van der Waals surface area contributed by atoms with Crippen LogP contribution in [-0.4, -0.2) is 21.1 Å². The first-order valence-electron chi connectivity index (χ1n) is 8.20. The molecule has 0 atom stereocenters. The SMILES string of the molecule is CCOc1cc(C)c(C)cc1S(=O)(=O)NC1CCCCCC1. The molecular formula is C17H27NO3S. The molecule has 1 aliphatic carbocycles. The van der Waals surface area contributed by atoms with Crippen molar-refractivity contribution in [3.05, 3.63) is 23.3 Å². The fraction of sp³-hybridized carbons (Fsp3) is 0.647. The minimum atomic E-state index is -3.54. The van der Waals surface area contributed by atoms with Crippen molar-refractivity contribution < 1.29 is 13.2 Å². The molecule has 0 spiro atoms. The topological polar surface area (TPSA) is 55.4 Å². The van der Waals surface area contributed by atoms with E-state index < -0.39 is 10.0 Å². The summed E-state index contributed by atoms with van der Waals surface area (Å²) in [6.07, 6.45) is 6.44. The van der Waals surface area contributed by atoms with Gasteiger partial charge in [0.2, 0.25) is 10.0 Å². The Morgan fingerprint density at radius 1 is 1.09 bits per heavy atom. The van der Waals surface area contributed by atoms with E-state index in [1.165, 1.54) is 12.8 Å².